The van der Waals surface area contributed by atoms with Crippen molar-refractivity contribution >= 4 is 11.7 Å². The van der Waals surface area contributed by atoms with Gasteiger partial charge >= 0.3 is 0 Å². The standard InChI is InChI=1S/C16H21N3O2/c1-3-5-13-11-15(19-18-13)17-16(20)10-12-6-8-14(9-7-12)21-4-2/h6-9,11H,3-5,10H2,1-2H3,(H2,17,18,19,20). The van der Waals surface area contributed by atoms with Crippen LogP contribution >= 0.6 is 0 Å². The van der Waals surface area contributed by atoms with Gasteiger partial charge in [-0.2, -0.15) is 5.10 Å². The van der Waals surface area contributed by atoms with Gasteiger partial charge in [0, 0.05) is 11.8 Å². The number of nitrogens with zero attached hydrogens (tertiary/aromatic N) is 1. The van der Waals surface area contributed by atoms with Gasteiger partial charge in [-0.3, -0.25) is 9.89 Å². The van der Waals surface area contributed by atoms with E-state index in [-0.39, 0.29) is 5.91 Å². The first-order valence-electron chi connectivity index (χ1n) is 7.27. The number of H-pyrrole nitrogens is 1. The monoisotopic (exact) mass is 287 g/mol. The molecule has 1 heterocycles. The SMILES string of the molecule is CCCc1cc(NC(=O)Cc2ccc(OCC)cc2)n[nH]1. The zero-order valence-electron chi connectivity index (χ0n) is 12.5. The summed E-state index contributed by atoms with van der Waals surface area (Å²) < 4.78 is 5.37. The van der Waals surface area contributed by atoms with Crippen LogP contribution in [0.1, 0.15) is 31.5 Å². The van der Waals surface area contributed by atoms with Crippen molar-refractivity contribution in [3.05, 3.63) is 41.6 Å². The molecule has 0 spiro atoms. The molecule has 0 saturated heterocycles. The molecular weight excluding hydrogens is 266 g/mol. The minimum atomic E-state index is -0.0753. The first-order valence-corrected chi connectivity index (χ1v) is 7.27. The van der Waals surface area contributed by atoms with Crippen LogP contribution in [0.4, 0.5) is 5.82 Å². The Kier molecular flexibility index (Phi) is 5.37. The summed E-state index contributed by atoms with van der Waals surface area (Å²) in [6, 6.07) is 9.43. The second kappa shape index (κ2) is 7.47. The largest absolute Gasteiger partial charge is 0.494 e. The molecular formula is C16H21N3O2. The predicted molar refractivity (Wildman–Crippen MR) is 82.5 cm³/mol. The molecule has 0 aliphatic carbocycles. The highest BCUT2D eigenvalue weighted by Gasteiger charge is 2.07. The predicted octanol–water partition coefficient (Wildman–Crippen LogP) is 2.94. The van der Waals surface area contributed by atoms with Gasteiger partial charge in [0.05, 0.1) is 13.0 Å². The van der Waals surface area contributed by atoms with Gasteiger partial charge in [0.2, 0.25) is 5.91 Å². The number of amides is 1. The van der Waals surface area contributed by atoms with Crippen molar-refractivity contribution in [1.82, 2.24) is 10.2 Å². The molecule has 1 aromatic carbocycles. The van der Waals surface area contributed by atoms with Gasteiger partial charge in [-0.05, 0) is 31.0 Å². The molecule has 5 heteroatoms. The fraction of sp³-hybridized carbons (Fsp3) is 0.375. The van der Waals surface area contributed by atoms with Crippen LogP contribution in [0, 0.1) is 0 Å². The van der Waals surface area contributed by atoms with Crippen LogP contribution < -0.4 is 10.1 Å². The van der Waals surface area contributed by atoms with Crippen molar-refractivity contribution in [2.45, 2.75) is 33.1 Å². The summed E-state index contributed by atoms with van der Waals surface area (Å²) in [6.45, 7) is 4.68. The van der Waals surface area contributed by atoms with Gasteiger partial charge in [-0.15, -0.1) is 0 Å². The molecule has 0 fully saturated rings. The molecule has 0 atom stereocenters. The van der Waals surface area contributed by atoms with Crippen molar-refractivity contribution < 1.29 is 9.53 Å². The van der Waals surface area contributed by atoms with Crippen molar-refractivity contribution in [1.29, 1.82) is 0 Å². The van der Waals surface area contributed by atoms with E-state index in [4.69, 9.17) is 4.74 Å². The summed E-state index contributed by atoms with van der Waals surface area (Å²) in [4.78, 5) is 12.0. The minimum absolute atomic E-state index is 0.0753. The number of carbonyl (C=O) groups is 1. The second-order valence-electron chi connectivity index (χ2n) is 4.83. The molecule has 1 amide bonds. The molecule has 2 rings (SSSR count). The van der Waals surface area contributed by atoms with Crippen LogP contribution in [-0.2, 0) is 17.6 Å². The molecule has 2 aromatic rings. The summed E-state index contributed by atoms with van der Waals surface area (Å²) in [5.74, 6) is 1.32. The third-order valence-corrected chi connectivity index (χ3v) is 3.02. The number of hydrogen-bond acceptors (Lipinski definition) is 3. The zero-order valence-corrected chi connectivity index (χ0v) is 12.5. The Bertz CT molecular complexity index is 575. The molecule has 0 saturated carbocycles. The van der Waals surface area contributed by atoms with E-state index >= 15 is 0 Å². The summed E-state index contributed by atoms with van der Waals surface area (Å²) in [7, 11) is 0. The van der Waals surface area contributed by atoms with Crippen molar-refractivity contribution in [3.63, 3.8) is 0 Å². The van der Waals surface area contributed by atoms with Crippen molar-refractivity contribution in [3.8, 4) is 5.75 Å². The first kappa shape index (κ1) is 15.1. The van der Waals surface area contributed by atoms with Gasteiger partial charge in [-0.1, -0.05) is 25.5 Å². The smallest absolute Gasteiger partial charge is 0.229 e. The van der Waals surface area contributed by atoms with E-state index < -0.39 is 0 Å². The molecule has 1 aromatic heterocycles. The van der Waals surface area contributed by atoms with Crippen LogP contribution in [0.2, 0.25) is 0 Å². The van der Waals surface area contributed by atoms with Crippen molar-refractivity contribution in [2.75, 3.05) is 11.9 Å². The third kappa shape index (κ3) is 4.63. The normalized spacial score (nSPS) is 10.4. The van der Waals surface area contributed by atoms with Crippen LogP contribution in [0.15, 0.2) is 30.3 Å². The summed E-state index contributed by atoms with van der Waals surface area (Å²) in [5, 5.41) is 9.79. The van der Waals surface area contributed by atoms with E-state index in [0.29, 0.717) is 18.8 Å². The quantitative estimate of drug-likeness (QED) is 0.822. The highest BCUT2D eigenvalue weighted by molar-refractivity contribution is 5.91. The lowest BCUT2D eigenvalue weighted by Crippen LogP contribution is -2.14. The molecule has 2 N–H and O–H groups in total. The van der Waals surface area contributed by atoms with Gasteiger partial charge in [0.15, 0.2) is 5.82 Å². The molecule has 0 bridgehead atoms. The maximum absolute atomic E-state index is 12.0. The van der Waals surface area contributed by atoms with E-state index in [1.165, 1.54) is 0 Å². The van der Waals surface area contributed by atoms with Gasteiger partial charge in [0.1, 0.15) is 5.75 Å². The Morgan fingerprint density at radius 1 is 1.29 bits per heavy atom. The molecule has 0 unspecified atom stereocenters. The lowest BCUT2D eigenvalue weighted by atomic mass is 10.1. The van der Waals surface area contributed by atoms with E-state index in [0.717, 1.165) is 29.8 Å². The molecule has 0 aliphatic rings. The number of aromatic amines is 1. The summed E-state index contributed by atoms with van der Waals surface area (Å²) in [5.41, 5.74) is 1.98. The van der Waals surface area contributed by atoms with E-state index in [1.807, 2.05) is 37.3 Å². The van der Waals surface area contributed by atoms with Gasteiger partial charge in [-0.25, -0.2) is 0 Å². The second-order valence-corrected chi connectivity index (χ2v) is 4.83. The van der Waals surface area contributed by atoms with Crippen LogP contribution in [0.25, 0.3) is 0 Å². The summed E-state index contributed by atoms with van der Waals surface area (Å²) >= 11 is 0. The van der Waals surface area contributed by atoms with Crippen molar-refractivity contribution in [2.24, 2.45) is 0 Å². The number of anilines is 1. The topological polar surface area (TPSA) is 67.0 Å². The average molecular weight is 287 g/mol. The maximum Gasteiger partial charge on any atom is 0.229 e. The van der Waals surface area contributed by atoms with E-state index in [9.17, 15) is 4.79 Å². The van der Waals surface area contributed by atoms with Crippen LogP contribution in [-0.4, -0.2) is 22.7 Å². The van der Waals surface area contributed by atoms with Gasteiger partial charge < -0.3 is 10.1 Å². The fourth-order valence-corrected chi connectivity index (χ4v) is 2.07. The highest BCUT2D eigenvalue weighted by Crippen LogP contribution is 2.13. The lowest BCUT2D eigenvalue weighted by Gasteiger charge is -2.05. The summed E-state index contributed by atoms with van der Waals surface area (Å²) in [6.07, 6.45) is 2.30. The van der Waals surface area contributed by atoms with E-state index in [2.05, 4.69) is 22.4 Å². The Morgan fingerprint density at radius 3 is 2.71 bits per heavy atom. The Labute approximate surface area is 124 Å². The first-order chi connectivity index (χ1) is 10.2. The van der Waals surface area contributed by atoms with Crippen LogP contribution in [0.3, 0.4) is 0 Å². The zero-order chi connectivity index (χ0) is 15.1. The molecule has 5 nitrogen and oxygen atoms in total. The highest BCUT2D eigenvalue weighted by atomic mass is 16.5. The maximum atomic E-state index is 12.0. The number of benzene rings is 1. The Hall–Kier alpha value is -2.30. The molecule has 0 radical (unpaired) electrons. The number of rotatable bonds is 7. The molecule has 0 aliphatic heterocycles. The number of nitrogens with one attached hydrogen (secondary N) is 2. The molecule has 21 heavy (non-hydrogen) atoms. The van der Waals surface area contributed by atoms with E-state index in [1.54, 1.807) is 0 Å². The van der Waals surface area contributed by atoms with Gasteiger partial charge in [0.25, 0.3) is 0 Å². The number of ether oxygens (including phenoxy) is 1. The minimum Gasteiger partial charge on any atom is -0.494 e. The number of carbonyl (C=O) groups excluding carboxylic acids is 1. The van der Waals surface area contributed by atoms with Crippen LogP contribution in [0.5, 0.6) is 5.75 Å². The number of hydrogen-bond donors (Lipinski definition) is 2. The number of aromatic nitrogens is 2. The Morgan fingerprint density at radius 2 is 2.05 bits per heavy atom. The lowest BCUT2D eigenvalue weighted by molar-refractivity contribution is -0.115. The fourth-order valence-electron chi connectivity index (χ4n) is 2.07. The third-order valence-electron chi connectivity index (χ3n) is 3.02. The average Bonchev–Trinajstić information content (AvgIpc) is 2.89. The Balaban J connectivity index is 1.88. The molecule has 112 valence electrons. The number of aryl methyl sites for hydroxylation is 1.